The topological polar surface area (TPSA) is 128 Å². The van der Waals surface area contributed by atoms with Gasteiger partial charge in [0.1, 0.15) is 5.00 Å². The third-order valence-corrected chi connectivity index (χ3v) is 6.20. The summed E-state index contributed by atoms with van der Waals surface area (Å²) >= 11 is 7.15. The van der Waals surface area contributed by atoms with Crippen molar-refractivity contribution in [3.63, 3.8) is 0 Å². The van der Waals surface area contributed by atoms with Crippen LogP contribution in [0.2, 0.25) is 5.02 Å². The molecular formula is C21H22ClN3O5S. The number of amides is 3. The van der Waals surface area contributed by atoms with E-state index in [-0.39, 0.29) is 19.4 Å². The summed E-state index contributed by atoms with van der Waals surface area (Å²) < 4.78 is 4.90. The Hall–Kier alpha value is -2.91. The van der Waals surface area contributed by atoms with E-state index < -0.39 is 30.3 Å². The Morgan fingerprint density at radius 3 is 2.52 bits per heavy atom. The van der Waals surface area contributed by atoms with E-state index in [0.717, 1.165) is 35.3 Å². The van der Waals surface area contributed by atoms with E-state index in [2.05, 4.69) is 10.6 Å². The van der Waals surface area contributed by atoms with Crippen molar-refractivity contribution in [1.29, 1.82) is 0 Å². The maximum atomic E-state index is 12.2. The van der Waals surface area contributed by atoms with Crippen LogP contribution < -0.4 is 16.4 Å². The molecule has 0 unspecified atom stereocenters. The number of rotatable bonds is 9. The molecule has 0 spiro atoms. The first-order valence-corrected chi connectivity index (χ1v) is 10.9. The van der Waals surface area contributed by atoms with E-state index >= 15 is 0 Å². The zero-order valence-electron chi connectivity index (χ0n) is 16.7. The molecule has 0 saturated heterocycles. The fourth-order valence-electron chi connectivity index (χ4n) is 3.23. The number of ether oxygens (including phenoxy) is 1. The first kappa shape index (κ1) is 22.8. The average Bonchev–Trinajstić information content (AvgIpc) is 3.30. The minimum absolute atomic E-state index is 0.133. The Bertz CT molecular complexity index is 1000. The summed E-state index contributed by atoms with van der Waals surface area (Å²) in [4.78, 5) is 48.6. The van der Waals surface area contributed by atoms with Crippen LogP contribution in [0.25, 0.3) is 0 Å². The second-order valence-corrected chi connectivity index (χ2v) is 8.58. The molecule has 0 radical (unpaired) electrons. The second kappa shape index (κ2) is 10.4. The minimum Gasteiger partial charge on any atom is -0.456 e. The van der Waals surface area contributed by atoms with Crippen LogP contribution in [0.15, 0.2) is 24.3 Å². The summed E-state index contributed by atoms with van der Waals surface area (Å²) in [6, 6.07) is 6.98. The number of hydrogen-bond donors (Lipinski definition) is 3. The Balaban J connectivity index is 1.38. The van der Waals surface area contributed by atoms with Crippen molar-refractivity contribution in [2.24, 2.45) is 5.73 Å². The summed E-state index contributed by atoms with van der Waals surface area (Å²) in [5, 5.41) is 6.32. The van der Waals surface area contributed by atoms with Gasteiger partial charge in [0.2, 0.25) is 5.91 Å². The molecule has 0 saturated carbocycles. The van der Waals surface area contributed by atoms with E-state index in [0.29, 0.717) is 15.6 Å². The van der Waals surface area contributed by atoms with Crippen molar-refractivity contribution in [3.05, 3.63) is 50.9 Å². The molecule has 0 atom stereocenters. The van der Waals surface area contributed by atoms with Gasteiger partial charge < -0.3 is 21.1 Å². The molecule has 1 aliphatic carbocycles. The molecule has 4 N–H and O–H groups in total. The molecule has 1 aliphatic rings. The van der Waals surface area contributed by atoms with Crippen molar-refractivity contribution in [2.45, 2.75) is 38.6 Å². The van der Waals surface area contributed by atoms with E-state index in [1.54, 1.807) is 24.3 Å². The molecule has 1 aromatic carbocycles. The Morgan fingerprint density at radius 2 is 1.81 bits per heavy atom. The summed E-state index contributed by atoms with van der Waals surface area (Å²) in [5.74, 6) is -2.11. The Morgan fingerprint density at radius 1 is 1.06 bits per heavy atom. The van der Waals surface area contributed by atoms with Crippen molar-refractivity contribution >= 4 is 51.6 Å². The summed E-state index contributed by atoms with van der Waals surface area (Å²) in [6.45, 7) is -0.152. The molecule has 31 heavy (non-hydrogen) atoms. The largest absolute Gasteiger partial charge is 0.456 e. The van der Waals surface area contributed by atoms with Crippen LogP contribution in [-0.4, -0.2) is 30.3 Å². The van der Waals surface area contributed by atoms with Crippen molar-refractivity contribution < 1.29 is 23.9 Å². The molecule has 1 heterocycles. The zero-order chi connectivity index (χ0) is 22.4. The molecule has 164 valence electrons. The predicted octanol–water partition coefficient (Wildman–Crippen LogP) is 2.57. The monoisotopic (exact) mass is 463 g/mol. The predicted molar refractivity (Wildman–Crippen MR) is 117 cm³/mol. The number of esters is 1. The summed E-state index contributed by atoms with van der Waals surface area (Å²) in [6.07, 6.45) is 2.28. The lowest BCUT2D eigenvalue weighted by Crippen LogP contribution is -2.28. The van der Waals surface area contributed by atoms with Gasteiger partial charge in [-0.1, -0.05) is 23.7 Å². The number of halogens is 1. The molecule has 3 amide bonds. The fourth-order valence-corrected chi connectivity index (χ4v) is 4.67. The molecule has 2 aromatic rings. The number of benzene rings is 1. The van der Waals surface area contributed by atoms with Crippen LogP contribution >= 0.6 is 22.9 Å². The molecule has 8 nitrogen and oxygen atoms in total. The van der Waals surface area contributed by atoms with Gasteiger partial charge in [-0.3, -0.25) is 19.2 Å². The van der Waals surface area contributed by atoms with Gasteiger partial charge in [0.05, 0.1) is 12.0 Å². The highest BCUT2D eigenvalue weighted by molar-refractivity contribution is 7.17. The number of fused-ring (bicyclic) bond motifs is 1. The SMILES string of the molecule is NC(=O)c1c(NC(=O)CCC(=O)OCC(=O)NCc2ccc(Cl)cc2)sc2c1CCC2. The van der Waals surface area contributed by atoms with E-state index in [9.17, 15) is 19.2 Å². The van der Waals surface area contributed by atoms with Gasteiger partial charge in [-0.25, -0.2) is 0 Å². The summed E-state index contributed by atoms with van der Waals surface area (Å²) in [7, 11) is 0. The lowest BCUT2D eigenvalue weighted by atomic mass is 10.1. The first-order chi connectivity index (χ1) is 14.8. The fraction of sp³-hybridized carbons (Fsp3) is 0.333. The Labute approximate surface area is 188 Å². The molecule has 3 rings (SSSR count). The van der Waals surface area contributed by atoms with Crippen LogP contribution in [-0.2, 0) is 38.5 Å². The third-order valence-electron chi connectivity index (χ3n) is 4.74. The number of primary amides is 1. The van der Waals surface area contributed by atoms with Crippen LogP contribution in [0, 0.1) is 0 Å². The number of anilines is 1. The van der Waals surface area contributed by atoms with Gasteiger partial charge in [0, 0.05) is 22.9 Å². The number of thiophene rings is 1. The number of hydrogen-bond acceptors (Lipinski definition) is 6. The molecule has 1 aromatic heterocycles. The molecule has 0 aliphatic heterocycles. The smallest absolute Gasteiger partial charge is 0.306 e. The van der Waals surface area contributed by atoms with Gasteiger partial charge in [-0.05, 0) is 42.5 Å². The van der Waals surface area contributed by atoms with Crippen LogP contribution in [0.1, 0.15) is 45.6 Å². The van der Waals surface area contributed by atoms with Crippen molar-refractivity contribution in [2.75, 3.05) is 11.9 Å². The zero-order valence-corrected chi connectivity index (χ0v) is 18.2. The lowest BCUT2D eigenvalue weighted by Gasteiger charge is -2.08. The third kappa shape index (κ3) is 6.28. The van der Waals surface area contributed by atoms with Gasteiger partial charge in [0.15, 0.2) is 6.61 Å². The molecule has 10 heteroatoms. The van der Waals surface area contributed by atoms with Crippen molar-refractivity contribution in [1.82, 2.24) is 5.32 Å². The highest BCUT2D eigenvalue weighted by Crippen LogP contribution is 2.38. The van der Waals surface area contributed by atoms with Gasteiger partial charge in [0.25, 0.3) is 11.8 Å². The second-order valence-electron chi connectivity index (χ2n) is 7.04. The van der Waals surface area contributed by atoms with Gasteiger partial charge >= 0.3 is 5.97 Å². The van der Waals surface area contributed by atoms with Crippen LogP contribution in [0.3, 0.4) is 0 Å². The maximum Gasteiger partial charge on any atom is 0.306 e. The van der Waals surface area contributed by atoms with Crippen molar-refractivity contribution in [3.8, 4) is 0 Å². The van der Waals surface area contributed by atoms with E-state index in [1.165, 1.54) is 11.3 Å². The maximum absolute atomic E-state index is 12.2. The van der Waals surface area contributed by atoms with Crippen LogP contribution in [0.4, 0.5) is 5.00 Å². The normalized spacial score (nSPS) is 12.2. The number of carbonyl (C=O) groups excluding carboxylic acids is 4. The minimum atomic E-state index is -0.666. The van der Waals surface area contributed by atoms with E-state index in [1.807, 2.05) is 0 Å². The van der Waals surface area contributed by atoms with Crippen LogP contribution in [0.5, 0.6) is 0 Å². The van der Waals surface area contributed by atoms with E-state index in [4.69, 9.17) is 22.1 Å². The standard InChI is InChI=1S/C21H22ClN3O5S/c22-13-6-4-12(5-7-13)10-24-17(27)11-30-18(28)9-8-16(26)25-21-19(20(23)29)14-2-1-3-15(14)31-21/h4-7H,1-3,8-11H2,(H2,23,29)(H,24,27)(H,25,26). The molecule has 0 fully saturated rings. The summed E-state index contributed by atoms with van der Waals surface area (Å²) in [5.41, 5.74) is 7.60. The number of carbonyl (C=O) groups is 4. The quantitative estimate of drug-likeness (QED) is 0.492. The van der Waals surface area contributed by atoms with Gasteiger partial charge in [-0.15, -0.1) is 11.3 Å². The Kier molecular flexibility index (Phi) is 7.64. The lowest BCUT2D eigenvalue weighted by molar-refractivity contribution is -0.149. The first-order valence-electron chi connectivity index (χ1n) is 9.74. The number of nitrogens with two attached hydrogens (primary N) is 1. The molecular weight excluding hydrogens is 442 g/mol. The molecule has 0 bridgehead atoms. The number of nitrogens with one attached hydrogen (secondary N) is 2. The highest BCUT2D eigenvalue weighted by Gasteiger charge is 2.26. The highest BCUT2D eigenvalue weighted by atomic mass is 35.5. The number of aryl methyl sites for hydroxylation is 1. The average molecular weight is 464 g/mol. The van der Waals surface area contributed by atoms with Gasteiger partial charge in [-0.2, -0.15) is 0 Å².